The third-order valence-electron chi connectivity index (χ3n) is 5.41. The van der Waals surface area contributed by atoms with Gasteiger partial charge in [0.2, 0.25) is 5.91 Å². The number of aromatic nitrogens is 2. The van der Waals surface area contributed by atoms with Crippen LogP contribution in [0, 0.1) is 5.82 Å². The lowest BCUT2D eigenvalue weighted by Gasteiger charge is -2.36. The molecule has 0 aliphatic carbocycles. The molecule has 11 heteroatoms. The minimum absolute atomic E-state index is 0.138. The largest absolute Gasteiger partial charge is 0.325 e. The predicted octanol–water partition coefficient (Wildman–Crippen LogP) is 3.10. The van der Waals surface area contributed by atoms with E-state index in [2.05, 4.69) is 15.1 Å². The van der Waals surface area contributed by atoms with Crippen molar-refractivity contribution in [3.63, 3.8) is 0 Å². The van der Waals surface area contributed by atoms with E-state index in [9.17, 15) is 17.6 Å². The predicted molar refractivity (Wildman–Crippen MR) is 120 cm³/mol. The smallest absolute Gasteiger partial charge is 0.280 e. The number of halogens is 2. The molecule has 1 aliphatic rings. The van der Waals surface area contributed by atoms with Crippen molar-refractivity contribution in [1.29, 1.82) is 0 Å². The minimum atomic E-state index is -3.90. The van der Waals surface area contributed by atoms with Gasteiger partial charge in [0, 0.05) is 37.6 Å². The minimum Gasteiger partial charge on any atom is -0.325 e. The Labute approximate surface area is 190 Å². The van der Waals surface area contributed by atoms with Gasteiger partial charge in [0.05, 0.1) is 11.2 Å². The fourth-order valence-electron chi connectivity index (χ4n) is 3.60. The molecule has 168 valence electrons. The van der Waals surface area contributed by atoms with Gasteiger partial charge in [-0.2, -0.15) is 22.5 Å². The van der Waals surface area contributed by atoms with Crippen LogP contribution in [0.3, 0.4) is 0 Å². The van der Waals surface area contributed by atoms with E-state index in [-0.39, 0.29) is 17.1 Å². The highest BCUT2D eigenvalue weighted by Crippen LogP contribution is 2.30. The third kappa shape index (κ3) is 4.53. The quantitative estimate of drug-likeness (QED) is 0.603. The van der Waals surface area contributed by atoms with Crippen molar-refractivity contribution in [2.45, 2.75) is 18.5 Å². The summed E-state index contributed by atoms with van der Waals surface area (Å²) < 4.78 is 44.1. The molecule has 1 saturated heterocycles. The van der Waals surface area contributed by atoms with E-state index in [1.807, 2.05) is 37.5 Å². The van der Waals surface area contributed by atoms with Gasteiger partial charge in [-0.15, -0.1) is 0 Å². The number of benzene rings is 2. The molecule has 2 unspecified atom stereocenters. The highest BCUT2D eigenvalue weighted by atomic mass is 35.5. The van der Waals surface area contributed by atoms with Gasteiger partial charge in [-0.25, -0.2) is 4.39 Å². The lowest BCUT2D eigenvalue weighted by atomic mass is 9.97. The summed E-state index contributed by atoms with van der Waals surface area (Å²) in [7, 11) is -0.727. The van der Waals surface area contributed by atoms with Crippen LogP contribution >= 0.6 is 11.6 Å². The van der Waals surface area contributed by atoms with E-state index in [0.29, 0.717) is 0 Å². The van der Waals surface area contributed by atoms with Gasteiger partial charge in [0.25, 0.3) is 10.2 Å². The van der Waals surface area contributed by atoms with E-state index < -0.39 is 34.0 Å². The summed E-state index contributed by atoms with van der Waals surface area (Å²) in [5, 5.41) is 6.63. The number of nitrogens with one attached hydrogen (secondary N) is 2. The van der Waals surface area contributed by atoms with E-state index in [1.54, 1.807) is 10.9 Å². The molecular formula is C21H21ClFN5O3S. The summed E-state index contributed by atoms with van der Waals surface area (Å²) in [4.78, 5) is 12.9. The van der Waals surface area contributed by atoms with Gasteiger partial charge in [0.1, 0.15) is 11.9 Å². The average molecular weight is 478 g/mol. The first-order valence-electron chi connectivity index (χ1n) is 9.74. The first-order valence-corrected chi connectivity index (χ1v) is 11.6. The number of rotatable bonds is 4. The molecule has 1 aromatic heterocycles. The topological polar surface area (TPSA) is 96.3 Å². The molecule has 0 spiro atoms. The maximum Gasteiger partial charge on any atom is 0.280 e. The normalized spacial score (nSPS) is 20.8. The molecule has 2 N–H and O–H groups in total. The second-order valence-corrected chi connectivity index (χ2v) is 9.76. The number of amides is 1. The summed E-state index contributed by atoms with van der Waals surface area (Å²) >= 11 is 5.77. The molecule has 32 heavy (non-hydrogen) atoms. The Morgan fingerprint density at radius 1 is 1.19 bits per heavy atom. The van der Waals surface area contributed by atoms with E-state index in [1.165, 1.54) is 19.2 Å². The number of carbonyl (C=O) groups excluding carboxylic acids is 1. The monoisotopic (exact) mass is 477 g/mol. The standard InChI is InChI=1S/C21H21ClFN5O3S/c1-27-12-15(11-24-27)13-3-5-14(6-4-13)19-10-20(28(2)32(30,31)26-19)21(29)25-16-7-8-18(23)17(22)9-16/h3-9,11-12,19-20,26H,10H2,1-2H3,(H,25,29). The van der Waals surface area contributed by atoms with Crippen molar-refractivity contribution in [2.24, 2.45) is 7.05 Å². The molecule has 1 amide bonds. The highest BCUT2D eigenvalue weighted by Gasteiger charge is 2.40. The molecule has 0 bridgehead atoms. The Balaban J connectivity index is 1.55. The molecule has 1 aliphatic heterocycles. The first-order chi connectivity index (χ1) is 15.1. The van der Waals surface area contributed by atoms with Gasteiger partial charge in [-0.05, 0) is 35.7 Å². The molecule has 0 radical (unpaired) electrons. The molecule has 3 aromatic rings. The van der Waals surface area contributed by atoms with Crippen LogP contribution in [0.5, 0.6) is 0 Å². The SMILES string of the molecule is CN1C(C(=O)Nc2ccc(F)c(Cl)c2)CC(c2ccc(-c3cnn(C)c3)cc2)NS1(=O)=O. The van der Waals surface area contributed by atoms with Crippen molar-refractivity contribution < 1.29 is 17.6 Å². The van der Waals surface area contributed by atoms with E-state index in [4.69, 9.17) is 11.6 Å². The summed E-state index contributed by atoms with van der Waals surface area (Å²) in [6.07, 6.45) is 3.84. The number of likely N-dealkylation sites (N-methyl/N-ethyl adjacent to an activating group) is 1. The van der Waals surface area contributed by atoms with Crippen LogP contribution in [0.4, 0.5) is 10.1 Å². The van der Waals surface area contributed by atoms with E-state index in [0.717, 1.165) is 27.1 Å². The molecule has 2 atom stereocenters. The summed E-state index contributed by atoms with van der Waals surface area (Å²) in [5.41, 5.74) is 2.90. The fourth-order valence-corrected chi connectivity index (χ4v) is 5.06. The summed E-state index contributed by atoms with van der Waals surface area (Å²) in [6.45, 7) is 0. The lowest BCUT2D eigenvalue weighted by molar-refractivity contribution is -0.120. The van der Waals surface area contributed by atoms with Crippen molar-refractivity contribution in [1.82, 2.24) is 18.8 Å². The fraction of sp³-hybridized carbons (Fsp3) is 0.238. The van der Waals surface area contributed by atoms with Crippen LogP contribution in [-0.2, 0) is 22.1 Å². The van der Waals surface area contributed by atoms with Crippen molar-refractivity contribution >= 4 is 33.4 Å². The maximum absolute atomic E-state index is 13.4. The van der Waals surface area contributed by atoms with Gasteiger partial charge in [-0.1, -0.05) is 35.9 Å². The van der Waals surface area contributed by atoms with Gasteiger partial charge in [-0.3, -0.25) is 9.48 Å². The van der Waals surface area contributed by atoms with Crippen molar-refractivity contribution in [3.05, 3.63) is 71.3 Å². The van der Waals surface area contributed by atoms with Crippen LogP contribution in [0.25, 0.3) is 11.1 Å². The van der Waals surface area contributed by atoms with Crippen LogP contribution < -0.4 is 10.0 Å². The molecule has 8 nitrogen and oxygen atoms in total. The molecule has 2 aromatic carbocycles. The third-order valence-corrected chi connectivity index (χ3v) is 7.29. The molecule has 1 fully saturated rings. The molecule has 4 rings (SSSR count). The zero-order valence-electron chi connectivity index (χ0n) is 17.3. The van der Waals surface area contributed by atoms with Gasteiger partial charge in [0.15, 0.2) is 0 Å². The van der Waals surface area contributed by atoms with Gasteiger partial charge >= 0.3 is 0 Å². The Morgan fingerprint density at radius 2 is 1.91 bits per heavy atom. The first kappa shape index (κ1) is 22.4. The Morgan fingerprint density at radius 3 is 2.53 bits per heavy atom. The number of hydrogen-bond acceptors (Lipinski definition) is 4. The molecular weight excluding hydrogens is 457 g/mol. The van der Waals surface area contributed by atoms with Crippen molar-refractivity contribution in [3.8, 4) is 11.1 Å². The van der Waals surface area contributed by atoms with Crippen LogP contribution in [-0.4, -0.2) is 41.5 Å². The summed E-state index contributed by atoms with van der Waals surface area (Å²) in [5.74, 6) is -1.14. The Kier molecular flexibility index (Phi) is 6.04. The van der Waals surface area contributed by atoms with E-state index >= 15 is 0 Å². The number of aryl methyl sites for hydroxylation is 1. The molecule has 0 saturated carbocycles. The number of hydrogen-bond donors (Lipinski definition) is 2. The number of nitrogens with zero attached hydrogens (tertiary/aromatic N) is 3. The van der Waals surface area contributed by atoms with Crippen LogP contribution in [0.1, 0.15) is 18.0 Å². The van der Waals surface area contributed by atoms with Crippen molar-refractivity contribution in [2.75, 3.05) is 12.4 Å². The molecule has 2 heterocycles. The average Bonchev–Trinajstić information content (AvgIpc) is 3.19. The Hall–Kier alpha value is -2.79. The zero-order valence-corrected chi connectivity index (χ0v) is 18.9. The second-order valence-electron chi connectivity index (χ2n) is 7.59. The second kappa shape index (κ2) is 8.62. The zero-order chi connectivity index (χ0) is 23.0. The lowest BCUT2D eigenvalue weighted by Crippen LogP contribution is -2.55. The number of carbonyl (C=O) groups is 1. The van der Waals surface area contributed by atoms with Crippen LogP contribution in [0.15, 0.2) is 54.9 Å². The summed E-state index contributed by atoms with van der Waals surface area (Å²) in [6, 6.07) is 9.64. The highest BCUT2D eigenvalue weighted by molar-refractivity contribution is 7.87. The number of anilines is 1. The maximum atomic E-state index is 13.4. The van der Waals surface area contributed by atoms with Gasteiger partial charge < -0.3 is 5.32 Å². The van der Waals surface area contributed by atoms with Crippen LogP contribution in [0.2, 0.25) is 5.02 Å². The Bertz CT molecular complexity index is 1260.